The molecule has 0 saturated carbocycles. The highest BCUT2D eigenvalue weighted by Crippen LogP contribution is 2.17. The number of amidine groups is 1. The number of anilines is 1. The average Bonchev–Trinajstić information content (AvgIpc) is 2.57. The SMILES string of the molecule is CC(=Nc1ccc(NC(=O)[C@@H](N)Cc2ccccc2)cc1)N(C)C. The maximum Gasteiger partial charge on any atom is 0.241 e. The first-order chi connectivity index (χ1) is 11.5. The van der Waals surface area contributed by atoms with Crippen LogP contribution in [0.2, 0.25) is 0 Å². The quantitative estimate of drug-likeness (QED) is 0.656. The molecule has 0 spiro atoms. The molecule has 24 heavy (non-hydrogen) atoms. The van der Waals surface area contributed by atoms with Gasteiger partial charge in [-0.1, -0.05) is 30.3 Å². The van der Waals surface area contributed by atoms with E-state index in [1.165, 1.54) is 0 Å². The standard InChI is InChI=1S/C19H24N4O/c1-14(23(2)3)21-16-9-11-17(12-10-16)22-19(24)18(20)13-15-7-5-4-6-8-15/h4-12,18H,13,20H2,1-3H3,(H,22,24)/t18-/m0/s1. The van der Waals surface area contributed by atoms with Crippen molar-refractivity contribution in [1.82, 2.24) is 4.90 Å². The van der Waals surface area contributed by atoms with Crippen LogP contribution in [0.25, 0.3) is 0 Å². The van der Waals surface area contributed by atoms with Crippen molar-refractivity contribution in [3.05, 3.63) is 60.2 Å². The van der Waals surface area contributed by atoms with Crippen LogP contribution < -0.4 is 11.1 Å². The number of aliphatic imine (C=N–C) groups is 1. The molecule has 0 fully saturated rings. The molecule has 5 heteroatoms. The highest BCUT2D eigenvalue weighted by molar-refractivity contribution is 5.95. The number of hydrogen-bond donors (Lipinski definition) is 2. The first kappa shape index (κ1) is 17.7. The zero-order chi connectivity index (χ0) is 17.5. The minimum absolute atomic E-state index is 0.195. The predicted molar refractivity (Wildman–Crippen MR) is 99.6 cm³/mol. The van der Waals surface area contributed by atoms with Gasteiger partial charge >= 0.3 is 0 Å². The number of nitrogens with zero attached hydrogens (tertiary/aromatic N) is 2. The van der Waals surface area contributed by atoms with E-state index in [1.54, 1.807) is 0 Å². The number of nitrogens with one attached hydrogen (secondary N) is 1. The van der Waals surface area contributed by atoms with Crippen LogP contribution in [0.1, 0.15) is 12.5 Å². The summed E-state index contributed by atoms with van der Waals surface area (Å²) >= 11 is 0. The molecular formula is C19H24N4O. The summed E-state index contributed by atoms with van der Waals surface area (Å²) in [4.78, 5) is 18.6. The van der Waals surface area contributed by atoms with Gasteiger partial charge in [0.15, 0.2) is 0 Å². The van der Waals surface area contributed by atoms with Crippen molar-refractivity contribution in [2.75, 3.05) is 19.4 Å². The summed E-state index contributed by atoms with van der Waals surface area (Å²) in [5.74, 6) is 0.719. The van der Waals surface area contributed by atoms with Crippen LogP contribution in [0.15, 0.2) is 59.6 Å². The van der Waals surface area contributed by atoms with Gasteiger partial charge in [0.1, 0.15) is 5.84 Å². The fraction of sp³-hybridized carbons (Fsp3) is 0.263. The normalized spacial score (nSPS) is 12.6. The van der Waals surface area contributed by atoms with Crippen LogP contribution in [-0.4, -0.2) is 36.8 Å². The fourth-order valence-electron chi connectivity index (χ4n) is 2.10. The molecule has 1 atom stereocenters. The maximum absolute atomic E-state index is 12.2. The third-order valence-corrected chi connectivity index (χ3v) is 3.71. The number of nitrogens with two attached hydrogens (primary N) is 1. The lowest BCUT2D eigenvalue weighted by atomic mass is 10.1. The summed E-state index contributed by atoms with van der Waals surface area (Å²) < 4.78 is 0. The van der Waals surface area contributed by atoms with E-state index in [-0.39, 0.29) is 5.91 Å². The molecule has 1 amide bonds. The molecule has 0 aliphatic rings. The predicted octanol–water partition coefficient (Wildman–Crippen LogP) is 2.81. The average molecular weight is 324 g/mol. The second kappa shape index (κ2) is 8.26. The van der Waals surface area contributed by atoms with E-state index in [2.05, 4.69) is 10.3 Å². The molecule has 126 valence electrons. The third-order valence-electron chi connectivity index (χ3n) is 3.71. The van der Waals surface area contributed by atoms with E-state index >= 15 is 0 Å². The van der Waals surface area contributed by atoms with Crippen molar-refractivity contribution in [1.29, 1.82) is 0 Å². The zero-order valence-electron chi connectivity index (χ0n) is 14.4. The summed E-state index contributed by atoms with van der Waals surface area (Å²) in [7, 11) is 3.89. The summed E-state index contributed by atoms with van der Waals surface area (Å²) in [5.41, 5.74) is 8.59. The summed E-state index contributed by atoms with van der Waals surface area (Å²) in [6, 6.07) is 16.6. The van der Waals surface area contributed by atoms with Crippen LogP contribution in [0.4, 0.5) is 11.4 Å². The largest absolute Gasteiger partial charge is 0.366 e. The Morgan fingerprint density at radius 1 is 1.12 bits per heavy atom. The molecule has 2 aromatic carbocycles. The van der Waals surface area contributed by atoms with Crippen LogP contribution in [0.5, 0.6) is 0 Å². The van der Waals surface area contributed by atoms with E-state index in [0.717, 1.165) is 17.1 Å². The maximum atomic E-state index is 12.2. The highest BCUT2D eigenvalue weighted by Gasteiger charge is 2.14. The fourth-order valence-corrected chi connectivity index (χ4v) is 2.10. The zero-order valence-corrected chi connectivity index (χ0v) is 14.4. The van der Waals surface area contributed by atoms with E-state index < -0.39 is 6.04 Å². The number of hydrogen-bond acceptors (Lipinski definition) is 3. The van der Waals surface area contributed by atoms with Gasteiger partial charge in [0.25, 0.3) is 0 Å². The Morgan fingerprint density at radius 2 is 1.75 bits per heavy atom. The monoisotopic (exact) mass is 324 g/mol. The summed E-state index contributed by atoms with van der Waals surface area (Å²) in [5, 5.41) is 2.84. The second-order valence-corrected chi connectivity index (χ2v) is 5.89. The molecule has 5 nitrogen and oxygen atoms in total. The molecule has 0 aliphatic heterocycles. The molecule has 0 aliphatic carbocycles. The van der Waals surface area contributed by atoms with E-state index in [9.17, 15) is 4.79 Å². The van der Waals surface area contributed by atoms with Crippen molar-refractivity contribution in [3.63, 3.8) is 0 Å². The second-order valence-electron chi connectivity index (χ2n) is 5.89. The van der Waals surface area contributed by atoms with Crippen molar-refractivity contribution in [2.24, 2.45) is 10.7 Å². The number of carbonyl (C=O) groups excluding carboxylic acids is 1. The van der Waals surface area contributed by atoms with Gasteiger partial charge in [0.05, 0.1) is 11.7 Å². The van der Waals surface area contributed by atoms with Gasteiger partial charge in [-0.25, -0.2) is 4.99 Å². The lowest BCUT2D eigenvalue weighted by Crippen LogP contribution is -2.37. The molecule has 2 rings (SSSR count). The molecular weight excluding hydrogens is 300 g/mol. The van der Waals surface area contributed by atoms with Gasteiger partial charge < -0.3 is 16.0 Å². The van der Waals surface area contributed by atoms with E-state index in [4.69, 9.17) is 5.73 Å². The molecule has 0 unspecified atom stereocenters. The Morgan fingerprint density at radius 3 is 2.33 bits per heavy atom. The molecule has 0 bridgehead atoms. The van der Waals surface area contributed by atoms with Gasteiger partial charge in [-0.2, -0.15) is 0 Å². The molecule has 0 heterocycles. The number of carbonyl (C=O) groups is 1. The minimum Gasteiger partial charge on any atom is -0.366 e. The summed E-state index contributed by atoms with van der Waals surface area (Å²) in [6.45, 7) is 1.94. The van der Waals surface area contributed by atoms with Crippen LogP contribution in [0.3, 0.4) is 0 Å². The van der Waals surface area contributed by atoms with Gasteiger partial charge in [0, 0.05) is 19.8 Å². The van der Waals surface area contributed by atoms with Crippen LogP contribution in [-0.2, 0) is 11.2 Å². The van der Waals surface area contributed by atoms with E-state index in [0.29, 0.717) is 12.1 Å². The number of benzene rings is 2. The van der Waals surface area contributed by atoms with Gasteiger partial charge in [-0.3, -0.25) is 4.79 Å². The molecule has 0 saturated heterocycles. The molecule has 3 N–H and O–H groups in total. The summed E-state index contributed by atoms with van der Waals surface area (Å²) in [6.07, 6.45) is 0.511. The topological polar surface area (TPSA) is 70.7 Å². The van der Waals surface area contributed by atoms with Crippen molar-refractivity contribution in [3.8, 4) is 0 Å². The molecule has 0 radical (unpaired) electrons. The minimum atomic E-state index is -0.582. The van der Waals surface area contributed by atoms with Crippen molar-refractivity contribution < 1.29 is 4.79 Å². The number of rotatable bonds is 5. The highest BCUT2D eigenvalue weighted by atomic mass is 16.2. The Bertz CT molecular complexity index is 693. The molecule has 0 aromatic heterocycles. The van der Waals surface area contributed by atoms with Gasteiger partial charge in [-0.05, 0) is 43.2 Å². The van der Waals surface area contributed by atoms with Crippen molar-refractivity contribution in [2.45, 2.75) is 19.4 Å². The molecule has 2 aromatic rings. The van der Waals surface area contributed by atoms with Gasteiger partial charge in [0.2, 0.25) is 5.91 Å². The Kier molecular flexibility index (Phi) is 6.09. The van der Waals surface area contributed by atoms with Gasteiger partial charge in [-0.15, -0.1) is 0 Å². The Labute approximate surface area is 143 Å². The van der Waals surface area contributed by atoms with E-state index in [1.807, 2.05) is 80.5 Å². The smallest absolute Gasteiger partial charge is 0.241 e. The van der Waals surface area contributed by atoms with Crippen molar-refractivity contribution >= 4 is 23.1 Å². The third kappa shape index (κ3) is 5.21. The lowest BCUT2D eigenvalue weighted by Gasteiger charge is -2.13. The van der Waals surface area contributed by atoms with Crippen LogP contribution >= 0.6 is 0 Å². The first-order valence-electron chi connectivity index (χ1n) is 7.89. The number of amides is 1. The van der Waals surface area contributed by atoms with Crippen LogP contribution in [0, 0.1) is 0 Å². The Balaban J connectivity index is 1.95. The first-order valence-corrected chi connectivity index (χ1v) is 7.89. The lowest BCUT2D eigenvalue weighted by molar-refractivity contribution is -0.117. The Hall–Kier alpha value is -2.66.